The van der Waals surface area contributed by atoms with E-state index in [4.69, 9.17) is 10.8 Å². The molecule has 2 aromatic carbocycles. The highest BCUT2D eigenvalue weighted by atomic mass is 19.1. The van der Waals surface area contributed by atoms with Gasteiger partial charge in [0, 0.05) is 17.3 Å². The van der Waals surface area contributed by atoms with Crippen LogP contribution in [0.25, 0.3) is 22.3 Å². The average Bonchev–Trinajstić information content (AvgIpc) is 3.19. The van der Waals surface area contributed by atoms with E-state index in [-0.39, 0.29) is 23.5 Å². The van der Waals surface area contributed by atoms with Crippen molar-refractivity contribution in [2.45, 2.75) is 25.3 Å². The average molecular weight is 444 g/mol. The quantitative estimate of drug-likeness (QED) is 0.412. The molecular weight excluding hydrogens is 423 g/mol. The predicted octanol–water partition coefficient (Wildman–Crippen LogP) is 3.77. The maximum Gasteiger partial charge on any atom is 0.247 e. The highest BCUT2D eigenvalue weighted by molar-refractivity contribution is 6.00. The van der Waals surface area contributed by atoms with Crippen LogP contribution in [0.5, 0.6) is 5.75 Å². The molecule has 0 fully saturated rings. The number of rotatable bonds is 4. The van der Waals surface area contributed by atoms with E-state index in [0.29, 0.717) is 28.7 Å². The van der Waals surface area contributed by atoms with E-state index in [2.05, 4.69) is 21.9 Å². The van der Waals surface area contributed by atoms with Crippen molar-refractivity contribution in [1.82, 2.24) is 19.7 Å². The molecule has 9 heteroatoms. The Hall–Kier alpha value is -4.27. The Bertz CT molecular complexity index is 1390. The minimum absolute atomic E-state index is 0.0319. The first-order valence-electron chi connectivity index (χ1n) is 10.5. The fourth-order valence-electron chi connectivity index (χ4n) is 4.46. The van der Waals surface area contributed by atoms with Crippen molar-refractivity contribution in [2.24, 2.45) is 0 Å². The molecule has 1 unspecified atom stereocenters. The van der Waals surface area contributed by atoms with Gasteiger partial charge >= 0.3 is 0 Å². The summed E-state index contributed by atoms with van der Waals surface area (Å²) in [6.07, 6.45) is 4.77. The van der Waals surface area contributed by atoms with Gasteiger partial charge in [0.05, 0.1) is 11.4 Å². The highest BCUT2D eigenvalue weighted by Crippen LogP contribution is 2.38. The summed E-state index contributed by atoms with van der Waals surface area (Å²) < 4.78 is 15.8. The maximum atomic E-state index is 14.0. The third-order valence-electron chi connectivity index (χ3n) is 5.92. The number of aromatic nitrogens is 4. The molecule has 4 N–H and O–H groups in total. The summed E-state index contributed by atoms with van der Waals surface area (Å²) in [5, 5.41) is 18.0. The molecule has 1 aliphatic carbocycles. The summed E-state index contributed by atoms with van der Waals surface area (Å²) >= 11 is 0. The number of hydrogen-bond donors (Lipinski definition) is 3. The number of nitrogens with two attached hydrogens (primary N) is 1. The number of phenolic OH excluding ortho intramolecular Hbond substituents is 1. The number of nitrogens with one attached hydrogen (secondary N) is 1. The number of nitrogens with zero attached hydrogens (tertiary/aromatic N) is 4. The Balaban J connectivity index is 1.58. The Kier molecular flexibility index (Phi) is 5.01. The van der Waals surface area contributed by atoms with Crippen molar-refractivity contribution >= 4 is 28.4 Å². The number of benzene rings is 2. The number of carbonyl (C=O) groups excluding carboxylic acids is 1. The van der Waals surface area contributed by atoms with Crippen LogP contribution < -0.4 is 11.1 Å². The van der Waals surface area contributed by atoms with Gasteiger partial charge in [0.25, 0.3) is 0 Å². The van der Waals surface area contributed by atoms with Gasteiger partial charge in [-0.1, -0.05) is 18.7 Å². The van der Waals surface area contributed by atoms with Crippen LogP contribution in [0.3, 0.4) is 0 Å². The van der Waals surface area contributed by atoms with Crippen molar-refractivity contribution in [3.63, 3.8) is 0 Å². The van der Waals surface area contributed by atoms with Crippen molar-refractivity contribution < 1.29 is 14.3 Å². The van der Waals surface area contributed by atoms with Crippen LogP contribution in [0.2, 0.25) is 0 Å². The molecule has 1 aliphatic rings. The van der Waals surface area contributed by atoms with Crippen molar-refractivity contribution in [2.75, 3.05) is 11.1 Å². The standard InChI is InChI=1S/C24H21FN6O2/c1-2-20(33)29-19-5-3-4-13-9-16(6-7-18(13)19)31-24-21(23(26)27-12-28-24)22(30-31)14-8-15(25)11-17(32)10-14/h2-5,8,10-12,16,32H,1,6-7,9H2,(H,29,33)(H2,26,27,28). The number of anilines is 2. The van der Waals surface area contributed by atoms with E-state index >= 15 is 0 Å². The minimum atomic E-state index is -0.580. The van der Waals surface area contributed by atoms with Gasteiger partial charge in [0.1, 0.15) is 29.4 Å². The molecule has 8 nitrogen and oxygen atoms in total. The highest BCUT2D eigenvalue weighted by Gasteiger charge is 2.27. The largest absolute Gasteiger partial charge is 0.508 e. The lowest BCUT2D eigenvalue weighted by atomic mass is 9.87. The molecule has 0 saturated heterocycles. The van der Waals surface area contributed by atoms with Crippen molar-refractivity contribution in [1.29, 1.82) is 0 Å². The molecule has 4 aromatic rings. The zero-order valence-corrected chi connectivity index (χ0v) is 17.6. The molecule has 33 heavy (non-hydrogen) atoms. The third-order valence-corrected chi connectivity index (χ3v) is 5.92. The van der Waals surface area contributed by atoms with Crippen molar-refractivity contribution in [3.8, 4) is 17.0 Å². The number of halogens is 1. The van der Waals surface area contributed by atoms with E-state index in [9.17, 15) is 14.3 Å². The second kappa shape index (κ2) is 8.01. The topological polar surface area (TPSA) is 119 Å². The lowest BCUT2D eigenvalue weighted by molar-refractivity contribution is -0.111. The Morgan fingerprint density at radius 3 is 2.94 bits per heavy atom. The Labute approximate surface area is 188 Å². The second-order valence-corrected chi connectivity index (χ2v) is 7.98. The molecular formula is C24H21FN6O2. The molecule has 2 aromatic heterocycles. The van der Waals surface area contributed by atoms with E-state index < -0.39 is 5.82 Å². The van der Waals surface area contributed by atoms with Crippen LogP contribution in [0.15, 0.2) is 55.4 Å². The number of carbonyl (C=O) groups is 1. The first-order valence-corrected chi connectivity index (χ1v) is 10.5. The first kappa shape index (κ1) is 20.6. The molecule has 0 saturated carbocycles. The van der Waals surface area contributed by atoms with Gasteiger partial charge in [-0.3, -0.25) is 4.79 Å². The van der Waals surface area contributed by atoms with Crippen LogP contribution in [0.4, 0.5) is 15.9 Å². The third kappa shape index (κ3) is 3.67. The van der Waals surface area contributed by atoms with Crippen LogP contribution >= 0.6 is 0 Å². The molecule has 2 heterocycles. The van der Waals surface area contributed by atoms with Gasteiger partial charge in [-0.2, -0.15) is 5.10 Å². The summed E-state index contributed by atoms with van der Waals surface area (Å²) in [7, 11) is 0. The van der Waals surface area contributed by atoms with Gasteiger partial charge in [-0.15, -0.1) is 0 Å². The number of phenols is 1. The summed E-state index contributed by atoms with van der Waals surface area (Å²) in [5.74, 6) is -0.804. The molecule has 0 aliphatic heterocycles. The normalized spacial score (nSPS) is 15.2. The lowest BCUT2D eigenvalue weighted by Gasteiger charge is -2.27. The van der Waals surface area contributed by atoms with Crippen molar-refractivity contribution in [3.05, 3.63) is 72.3 Å². The summed E-state index contributed by atoms with van der Waals surface area (Å²) in [6, 6.07) is 9.55. The van der Waals surface area contributed by atoms with E-state index in [1.165, 1.54) is 24.5 Å². The SMILES string of the molecule is C=CC(=O)Nc1cccc2c1CCC(n1nc(-c3cc(O)cc(F)c3)c3c(N)ncnc31)C2. The van der Waals surface area contributed by atoms with Crippen LogP contribution in [0.1, 0.15) is 23.6 Å². The molecule has 0 radical (unpaired) electrons. The van der Waals surface area contributed by atoms with Crippen LogP contribution in [0, 0.1) is 5.82 Å². The predicted molar refractivity (Wildman–Crippen MR) is 123 cm³/mol. The molecule has 0 bridgehead atoms. The zero-order valence-electron chi connectivity index (χ0n) is 17.6. The zero-order chi connectivity index (χ0) is 23.1. The number of fused-ring (bicyclic) bond motifs is 2. The van der Waals surface area contributed by atoms with Gasteiger partial charge in [-0.25, -0.2) is 19.0 Å². The fraction of sp³-hybridized carbons (Fsp3) is 0.167. The summed E-state index contributed by atoms with van der Waals surface area (Å²) in [5.41, 5.74) is 10.5. The smallest absolute Gasteiger partial charge is 0.247 e. The fourth-order valence-corrected chi connectivity index (χ4v) is 4.46. The van der Waals surface area contributed by atoms with Gasteiger partial charge < -0.3 is 16.2 Å². The van der Waals surface area contributed by atoms with Gasteiger partial charge in [0.15, 0.2) is 5.65 Å². The first-order chi connectivity index (χ1) is 15.9. The van der Waals surface area contributed by atoms with E-state index in [0.717, 1.165) is 35.7 Å². The number of hydrogen-bond acceptors (Lipinski definition) is 6. The molecule has 5 rings (SSSR count). The number of aromatic hydroxyl groups is 1. The number of nitrogen functional groups attached to an aromatic ring is 1. The lowest BCUT2D eigenvalue weighted by Crippen LogP contribution is -2.21. The van der Waals surface area contributed by atoms with Crippen LogP contribution in [-0.4, -0.2) is 30.8 Å². The van der Waals surface area contributed by atoms with Gasteiger partial charge in [0.2, 0.25) is 5.91 Å². The monoisotopic (exact) mass is 444 g/mol. The van der Waals surface area contributed by atoms with E-state index in [1.807, 2.05) is 22.9 Å². The molecule has 1 atom stereocenters. The Morgan fingerprint density at radius 1 is 1.30 bits per heavy atom. The molecule has 1 amide bonds. The minimum Gasteiger partial charge on any atom is -0.508 e. The summed E-state index contributed by atoms with van der Waals surface area (Å²) in [6.45, 7) is 3.51. The summed E-state index contributed by atoms with van der Waals surface area (Å²) in [4.78, 5) is 20.3. The second-order valence-electron chi connectivity index (χ2n) is 7.98. The van der Waals surface area contributed by atoms with E-state index in [1.54, 1.807) is 0 Å². The number of amides is 1. The van der Waals surface area contributed by atoms with Gasteiger partial charge in [-0.05, 0) is 54.7 Å². The Morgan fingerprint density at radius 2 is 2.15 bits per heavy atom. The maximum absolute atomic E-state index is 14.0. The van der Waals surface area contributed by atoms with Crippen LogP contribution in [-0.2, 0) is 17.6 Å². The molecule has 166 valence electrons. The molecule has 0 spiro atoms.